The second-order valence-electron chi connectivity index (χ2n) is 4.81. The van der Waals surface area contributed by atoms with Crippen LogP contribution in [0.2, 0.25) is 0 Å². The predicted octanol–water partition coefficient (Wildman–Crippen LogP) is 1.33. The summed E-state index contributed by atoms with van der Waals surface area (Å²) in [5.74, 6) is 0.315. The zero-order valence-electron chi connectivity index (χ0n) is 11.4. The number of rotatable bonds is 4. The molecule has 0 aromatic heterocycles. The van der Waals surface area contributed by atoms with E-state index < -0.39 is 0 Å². The van der Waals surface area contributed by atoms with Crippen molar-refractivity contribution in [3.05, 3.63) is 30.3 Å². The number of nitrogens with zero attached hydrogens (tertiary/aromatic N) is 3. The lowest BCUT2D eigenvalue weighted by molar-refractivity contribution is 0.216. The Bertz CT molecular complexity index is 413. The molecule has 5 nitrogen and oxygen atoms in total. The largest absolute Gasteiger partial charge is 0.409 e. The van der Waals surface area contributed by atoms with Crippen LogP contribution in [0.25, 0.3) is 0 Å². The summed E-state index contributed by atoms with van der Waals surface area (Å²) in [7, 11) is 0. The fourth-order valence-electron chi connectivity index (χ4n) is 2.65. The Morgan fingerprint density at radius 1 is 1.26 bits per heavy atom. The highest BCUT2D eigenvalue weighted by molar-refractivity contribution is 5.85. The fraction of sp³-hybridized carbons (Fsp3) is 0.500. The Kier molecular flexibility index (Phi) is 4.63. The van der Waals surface area contributed by atoms with Crippen molar-refractivity contribution in [1.29, 1.82) is 0 Å². The molecule has 1 aliphatic rings. The van der Waals surface area contributed by atoms with E-state index in [-0.39, 0.29) is 6.04 Å². The molecule has 104 valence electrons. The second kappa shape index (κ2) is 6.43. The van der Waals surface area contributed by atoms with Crippen LogP contribution in [0.15, 0.2) is 35.5 Å². The van der Waals surface area contributed by atoms with E-state index in [4.69, 9.17) is 10.9 Å². The standard InChI is InChI=1S/C14H22N4O/c1-2-13(14(15)16-19)18-10-8-17(9-11-18)12-6-4-3-5-7-12/h3-7,13,19H,2,8-11H2,1H3,(H2,15,16). The summed E-state index contributed by atoms with van der Waals surface area (Å²) in [6.45, 7) is 5.87. The Hall–Kier alpha value is -1.75. The maximum absolute atomic E-state index is 8.82. The molecule has 19 heavy (non-hydrogen) atoms. The molecule has 1 aliphatic heterocycles. The minimum atomic E-state index is 0.0444. The van der Waals surface area contributed by atoms with E-state index in [0.717, 1.165) is 32.6 Å². The van der Waals surface area contributed by atoms with E-state index in [1.54, 1.807) is 0 Å². The van der Waals surface area contributed by atoms with Gasteiger partial charge in [-0.2, -0.15) is 0 Å². The molecule has 1 saturated heterocycles. The van der Waals surface area contributed by atoms with E-state index in [2.05, 4.69) is 46.1 Å². The minimum absolute atomic E-state index is 0.0444. The van der Waals surface area contributed by atoms with Gasteiger partial charge in [0.1, 0.15) is 0 Å². The number of nitrogens with two attached hydrogens (primary N) is 1. The molecular weight excluding hydrogens is 240 g/mol. The number of amidine groups is 1. The van der Waals surface area contributed by atoms with Gasteiger partial charge < -0.3 is 15.8 Å². The van der Waals surface area contributed by atoms with Crippen LogP contribution >= 0.6 is 0 Å². The van der Waals surface area contributed by atoms with Gasteiger partial charge in [0.05, 0.1) is 6.04 Å². The lowest BCUT2D eigenvalue weighted by atomic mass is 10.1. The summed E-state index contributed by atoms with van der Waals surface area (Å²) in [6, 6.07) is 10.5. The van der Waals surface area contributed by atoms with Crippen molar-refractivity contribution in [1.82, 2.24) is 4.90 Å². The van der Waals surface area contributed by atoms with Crippen LogP contribution in [0.1, 0.15) is 13.3 Å². The van der Waals surface area contributed by atoms with Crippen LogP contribution in [-0.4, -0.2) is 48.2 Å². The first kappa shape index (κ1) is 13.7. The molecule has 0 saturated carbocycles. The molecule has 0 amide bonds. The topological polar surface area (TPSA) is 65.1 Å². The van der Waals surface area contributed by atoms with E-state index in [1.165, 1.54) is 5.69 Å². The quantitative estimate of drug-likeness (QED) is 0.372. The molecule has 1 aromatic rings. The van der Waals surface area contributed by atoms with Gasteiger partial charge in [0.25, 0.3) is 0 Å². The van der Waals surface area contributed by atoms with Crippen LogP contribution in [0, 0.1) is 0 Å². The van der Waals surface area contributed by atoms with Crippen molar-refractivity contribution in [2.45, 2.75) is 19.4 Å². The lowest BCUT2D eigenvalue weighted by Crippen LogP contribution is -2.54. The maximum Gasteiger partial charge on any atom is 0.156 e. The molecule has 0 bridgehead atoms. The monoisotopic (exact) mass is 262 g/mol. The van der Waals surface area contributed by atoms with E-state index in [9.17, 15) is 0 Å². The van der Waals surface area contributed by atoms with Crippen LogP contribution in [-0.2, 0) is 0 Å². The molecule has 5 heteroatoms. The predicted molar refractivity (Wildman–Crippen MR) is 77.7 cm³/mol. The smallest absolute Gasteiger partial charge is 0.156 e. The van der Waals surface area contributed by atoms with Crippen molar-refractivity contribution >= 4 is 11.5 Å². The summed E-state index contributed by atoms with van der Waals surface area (Å²) in [6.07, 6.45) is 0.862. The first-order chi connectivity index (χ1) is 9.26. The van der Waals surface area contributed by atoms with Gasteiger partial charge in [-0.15, -0.1) is 0 Å². The average molecular weight is 262 g/mol. The number of hydrogen-bond acceptors (Lipinski definition) is 4. The normalized spacial score (nSPS) is 19.4. The van der Waals surface area contributed by atoms with Crippen molar-refractivity contribution in [2.24, 2.45) is 10.9 Å². The summed E-state index contributed by atoms with van der Waals surface area (Å²) in [4.78, 5) is 4.66. The van der Waals surface area contributed by atoms with Gasteiger partial charge in [-0.3, -0.25) is 4.90 Å². The third-order valence-electron chi connectivity index (χ3n) is 3.72. The lowest BCUT2D eigenvalue weighted by Gasteiger charge is -2.39. The first-order valence-corrected chi connectivity index (χ1v) is 6.77. The van der Waals surface area contributed by atoms with Crippen molar-refractivity contribution < 1.29 is 5.21 Å². The molecule has 1 heterocycles. The van der Waals surface area contributed by atoms with Crippen molar-refractivity contribution in [2.75, 3.05) is 31.1 Å². The fourth-order valence-corrected chi connectivity index (χ4v) is 2.65. The van der Waals surface area contributed by atoms with Gasteiger partial charge in [-0.25, -0.2) is 0 Å². The molecule has 1 unspecified atom stereocenters. The molecule has 1 fully saturated rings. The van der Waals surface area contributed by atoms with Gasteiger partial charge in [-0.05, 0) is 18.6 Å². The molecule has 0 radical (unpaired) electrons. The number of oxime groups is 1. The first-order valence-electron chi connectivity index (χ1n) is 6.77. The third-order valence-corrected chi connectivity index (χ3v) is 3.72. The molecular formula is C14H22N4O. The molecule has 2 rings (SSSR count). The van der Waals surface area contributed by atoms with E-state index >= 15 is 0 Å². The van der Waals surface area contributed by atoms with Crippen LogP contribution in [0.5, 0.6) is 0 Å². The minimum Gasteiger partial charge on any atom is -0.409 e. The van der Waals surface area contributed by atoms with Gasteiger partial charge in [-0.1, -0.05) is 30.3 Å². The Labute approximate surface area is 114 Å². The van der Waals surface area contributed by atoms with Gasteiger partial charge in [0.15, 0.2) is 5.84 Å². The number of piperazine rings is 1. The Balaban J connectivity index is 1.95. The van der Waals surface area contributed by atoms with Crippen molar-refractivity contribution in [3.8, 4) is 0 Å². The van der Waals surface area contributed by atoms with Crippen molar-refractivity contribution in [3.63, 3.8) is 0 Å². The third kappa shape index (κ3) is 3.17. The van der Waals surface area contributed by atoms with Crippen LogP contribution in [0.4, 0.5) is 5.69 Å². The van der Waals surface area contributed by atoms with Gasteiger partial charge in [0, 0.05) is 31.9 Å². The highest BCUT2D eigenvalue weighted by atomic mass is 16.4. The Morgan fingerprint density at radius 2 is 1.89 bits per heavy atom. The molecule has 0 spiro atoms. The summed E-state index contributed by atoms with van der Waals surface area (Å²) in [5.41, 5.74) is 7.01. The molecule has 1 aromatic carbocycles. The zero-order chi connectivity index (χ0) is 13.7. The number of benzene rings is 1. The second-order valence-corrected chi connectivity index (χ2v) is 4.81. The zero-order valence-corrected chi connectivity index (χ0v) is 11.4. The number of anilines is 1. The summed E-state index contributed by atoms with van der Waals surface area (Å²) >= 11 is 0. The highest BCUT2D eigenvalue weighted by Gasteiger charge is 2.25. The van der Waals surface area contributed by atoms with Crippen LogP contribution in [0.3, 0.4) is 0 Å². The number of hydrogen-bond donors (Lipinski definition) is 2. The SMILES string of the molecule is CCC(C(N)=NO)N1CCN(c2ccccc2)CC1. The van der Waals surface area contributed by atoms with Gasteiger partial charge >= 0.3 is 0 Å². The van der Waals surface area contributed by atoms with Crippen LogP contribution < -0.4 is 10.6 Å². The molecule has 1 atom stereocenters. The Morgan fingerprint density at radius 3 is 2.42 bits per heavy atom. The van der Waals surface area contributed by atoms with E-state index in [1.807, 2.05) is 6.07 Å². The highest BCUT2D eigenvalue weighted by Crippen LogP contribution is 2.17. The van der Waals surface area contributed by atoms with Gasteiger partial charge in [0.2, 0.25) is 0 Å². The summed E-state index contributed by atoms with van der Waals surface area (Å²) in [5, 5.41) is 12.0. The number of para-hydroxylation sites is 1. The maximum atomic E-state index is 8.82. The summed E-state index contributed by atoms with van der Waals surface area (Å²) < 4.78 is 0. The van der Waals surface area contributed by atoms with E-state index in [0.29, 0.717) is 5.84 Å². The molecule has 0 aliphatic carbocycles. The average Bonchev–Trinajstić information content (AvgIpc) is 2.49. The molecule has 3 N–H and O–H groups in total.